The first kappa shape index (κ1) is 16.4. The van der Waals surface area contributed by atoms with Crippen molar-refractivity contribution in [2.45, 2.75) is 26.3 Å². The molecule has 0 saturated carbocycles. The van der Waals surface area contributed by atoms with Gasteiger partial charge in [0.05, 0.1) is 11.7 Å². The summed E-state index contributed by atoms with van der Waals surface area (Å²) >= 11 is 0. The topological polar surface area (TPSA) is 69.2 Å². The first-order valence-corrected chi connectivity index (χ1v) is 8.85. The van der Waals surface area contributed by atoms with Gasteiger partial charge in [0.2, 0.25) is 0 Å². The third-order valence-corrected chi connectivity index (χ3v) is 4.86. The lowest BCUT2D eigenvalue weighted by atomic mass is 9.95. The molecule has 2 N–H and O–H groups in total. The van der Waals surface area contributed by atoms with E-state index in [0.29, 0.717) is 12.2 Å². The summed E-state index contributed by atoms with van der Waals surface area (Å²) in [5, 5.41) is 17.0. The summed E-state index contributed by atoms with van der Waals surface area (Å²) in [4.78, 5) is 14.8. The number of fused-ring (bicyclic) bond motifs is 1. The molecule has 5 heteroatoms. The molecular formula is C21H21N3O2. The second-order valence-electron chi connectivity index (χ2n) is 6.72. The lowest BCUT2D eigenvalue weighted by Crippen LogP contribution is -2.30. The molecule has 1 amide bonds. The summed E-state index contributed by atoms with van der Waals surface area (Å²) in [6.45, 7) is 4.78. The van der Waals surface area contributed by atoms with Crippen molar-refractivity contribution in [2.75, 3.05) is 6.54 Å². The lowest BCUT2D eigenvalue weighted by molar-refractivity contribution is 0.0744. The van der Waals surface area contributed by atoms with Crippen molar-refractivity contribution < 1.29 is 9.90 Å². The third-order valence-electron chi connectivity index (χ3n) is 4.86. The Balaban J connectivity index is 1.87. The quantitative estimate of drug-likeness (QED) is 0.748. The van der Waals surface area contributed by atoms with E-state index in [4.69, 9.17) is 0 Å². The van der Waals surface area contributed by atoms with E-state index in [9.17, 15) is 9.90 Å². The van der Waals surface area contributed by atoms with Crippen LogP contribution in [0.5, 0.6) is 5.75 Å². The summed E-state index contributed by atoms with van der Waals surface area (Å²) in [6.07, 6.45) is 0.873. The minimum atomic E-state index is -0.201. The summed E-state index contributed by atoms with van der Waals surface area (Å²) in [6, 6.07) is 15.0. The molecule has 0 bridgehead atoms. The number of H-pyrrole nitrogens is 1. The normalized spacial score (nSPS) is 16.2. The second kappa shape index (κ2) is 6.33. The number of benzene rings is 2. The highest BCUT2D eigenvalue weighted by Crippen LogP contribution is 2.42. The van der Waals surface area contributed by atoms with Crippen molar-refractivity contribution in [3.63, 3.8) is 0 Å². The van der Waals surface area contributed by atoms with Gasteiger partial charge in [-0.25, -0.2) is 0 Å². The number of carbonyl (C=O) groups is 1. The summed E-state index contributed by atoms with van der Waals surface area (Å²) in [5.41, 5.74) is 5.43. The molecule has 0 radical (unpaired) electrons. The zero-order chi connectivity index (χ0) is 18.3. The molecule has 1 atom stereocenters. The minimum Gasteiger partial charge on any atom is -0.508 e. The Morgan fingerprint density at radius 3 is 2.46 bits per heavy atom. The SMILES string of the molecule is CCCN1C(=O)c2[nH]nc(-c3ccc(C)cc3)c2C1c1ccc(O)cc1. The average Bonchev–Trinajstić information content (AvgIpc) is 3.17. The van der Waals surface area contributed by atoms with Crippen LogP contribution >= 0.6 is 0 Å². The number of phenols is 1. The average molecular weight is 347 g/mol. The number of aryl methyl sites for hydroxylation is 1. The van der Waals surface area contributed by atoms with Gasteiger partial charge in [0.15, 0.2) is 0 Å². The number of nitrogens with one attached hydrogen (secondary N) is 1. The van der Waals surface area contributed by atoms with E-state index in [1.807, 2.05) is 48.2 Å². The largest absolute Gasteiger partial charge is 0.508 e. The fourth-order valence-electron chi connectivity index (χ4n) is 3.60. The highest BCUT2D eigenvalue weighted by molar-refractivity contribution is 6.00. The number of aromatic hydroxyl groups is 1. The fraction of sp³-hybridized carbons (Fsp3) is 0.238. The Morgan fingerprint density at radius 1 is 1.12 bits per heavy atom. The maximum absolute atomic E-state index is 12.9. The Hall–Kier alpha value is -3.08. The highest BCUT2D eigenvalue weighted by Gasteiger charge is 2.41. The lowest BCUT2D eigenvalue weighted by Gasteiger charge is -2.26. The second-order valence-corrected chi connectivity index (χ2v) is 6.72. The van der Waals surface area contributed by atoms with Crippen LogP contribution < -0.4 is 0 Å². The number of hydrogen-bond acceptors (Lipinski definition) is 3. The monoisotopic (exact) mass is 347 g/mol. The van der Waals surface area contributed by atoms with Crippen molar-refractivity contribution >= 4 is 5.91 Å². The van der Waals surface area contributed by atoms with Crippen LogP contribution in [0.4, 0.5) is 0 Å². The van der Waals surface area contributed by atoms with Crippen LogP contribution in [0.1, 0.15) is 46.6 Å². The smallest absolute Gasteiger partial charge is 0.273 e. The van der Waals surface area contributed by atoms with Crippen molar-refractivity contribution in [3.05, 3.63) is 70.9 Å². The van der Waals surface area contributed by atoms with Crippen LogP contribution in [-0.4, -0.2) is 32.7 Å². The molecule has 0 saturated heterocycles. The van der Waals surface area contributed by atoms with Crippen LogP contribution in [0, 0.1) is 6.92 Å². The van der Waals surface area contributed by atoms with Crippen LogP contribution in [0.3, 0.4) is 0 Å². The van der Waals surface area contributed by atoms with Crippen molar-refractivity contribution in [1.29, 1.82) is 0 Å². The molecule has 0 aliphatic carbocycles. The summed E-state index contributed by atoms with van der Waals surface area (Å²) in [7, 11) is 0. The van der Waals surface area contributed by atoms with E-state index in [1.165, 1.54) is 5.56 Å². The zero-order valence-electron chi connectivity index (χ0n) is 14.9. The molecule has 4 rings (SSSR count). The number of hydrogen-bond donors (Lipinski definition) is 2. The first-order chi connectivity index (χ1) is 12.6. The minimum absolute atomic E-state index is 0.0224. The predicted molar refractivity (Wildman–Crippen MR) is 100 cm³/mol. The molecular weight excluding hydrogens is 326 g/mol. The van der Waals surface area contributed by atoms with Gasteiger partial charge in [-0.2, -0.15) is 5.10 Å². The molecule has 0 fully saturated rings. The van der Waals surface area contributed by atoms with Gasteiger partial charge in [0.1, 0.15) is 11.4 Å². The number of rotatable bonds is 4. The van der Waals surface area contributed by atoms with E-state index < -0.39 is 0 Å². The summed E-state index contributed by atoms with van der Waals surface area (Å²) in [5.74, 6) is 0.192. The van der Waals surface area contributed by atoms with Crippen LogP contribution in [0.25, 0.3) is 11.3 Å². The molecule has 132 valence electrons. The van der Waals surface area contributed by atoms with Gasteiger partial charge in [-0.05, 0) is 31.0 Å². The number of amides is 1. The molecule has 26 heavy (non-hydrogen) atoms. The van der Waals surface area contributed by atoms with Gasteiger partial charge in [-0.15, -0.1) is 0 Å². The molecule has 5 nitrogen and oxygen atoms in total. The maximum atomic E-state index is 12.9. The van der Waals surface area contributed by atoms with E-state index in [-0.39, 0.29) is 17.7 Å². The zero-order valence-corrected chi connectivity index (χ0v) is 14.9. The molecule has 1 aliphatic heterocycles. The van der Waals surface area contributed by atoms with Gasteiger partial charge >= 0.3 is 0 Å². The Morgan fingerprint density at radius 2 is 1.81 bits per heavy atom. The van der Waals surface area contributed by atoms with Crippen LogP contribution in [0.15, 0.2) is 48.5 Å². The van der Waals surface area contributed by atoms with Crippen molar-refractivity contribution in [3.8, 4) is 17.0 Å². The maximum Gasteiger partial charge on any atom is 0.273 e. The molecule has 0 spiro atoms. The van der Waals surface area contributed by atoms with Gasteiger partial charge < -0.3 is 10.0 Å². The standard InChI is InChI=1S/C21H21N3O2/c1-3-12-24-20(15-8-10-16(25)11-9-15)17-18(22-23-19(17)21(24)26)14-6-4-13(2)5-7-14/h4-11,20,25H,3,12H2,1-2H3,(H,22,23). The van der Waals surface area contributed by atoms with E-state index in [2.05, 4.69) is 17.1 Å². The molecule has 1 aliphatic rings. The molecule has 1 unspecified atom stereocenters. The van der Waals surface area contributed by atoms with Crippen LogP contribution in [-0.2, 0) is 0 Å². The number of phenolic OH excluding ortho intramolecular Hbond substituents is 1. The van der Waals surface area contributed by atoms with E-state index in [1.54, 1.807) is 12.1 Å². The van der Waals surface area contributed by atoms with E-state index in [0.717, 1.165) is 28.8 Å². The predicted octanol–water partition coefficient (Wildman–Crippen LogP) is 4.05. The molecule has 2 heterocycles. The summed E-state index contributed by atoms with van der Waals surface area (Å²) < 4.78 is 0. The van der Waals surface area contributed by atoms with Gasteiger partial charge in [0.25, 0.3) is 5.91 Å². The number of aromatic amines is 1. The van der Waals surface area contributed by atoms with Crippen molar-refractivity contribution in [2.24, 2.45) is 0 Å². The number of nitrogens with zero attached hydrogens (tertiary/aromatic N) is 2. The number of aromatic nitrogens is 2. The fourth-order valence-corrected chi connectivity index (χ4v) is 3.60. The van der Waals surface area contributed by atoms with Gasteiger partial charge in [-0.1, -0.05) is 48.9 Å². The third kappa shape index (κ3) is 2.56. The van der Waals surface area contributed by atoms with Crippen molar-refractivity contribution in [1.82, 2.24) is 15.1 Å². The van der Waals surface area contributed by atoms with Gasteiger partial charge in [0, 0.05) is 17.7 Å². The van der Waals surface area contributed by atoms with E-state index >= 15 is 0 Å². The Labute approximate surface area is 152 Å². The molecule has 1 aromatic heterocycles. The molecule has 2 aromatic carbocycles. The molecule has 3 aromatic rings. The highest BCUT2D eigenvalue weighted by atomic mass is 16.3. The number of carbonyl (C=O) groups excluding carboxylic acids is 1. The van der Waals surface area contributed by atoms with Gasteiger partial charge in [-0.3, -0.25) is 9.89 Å². The first-order valence-electron chi connectivity index (χ1n) is 8.85. The van der Waals surface area contributed by atoms with Crippen LogP contribution in [0.2, 0.25) is 0 Å². The Kier molecular flexibility index (Phi) is 3.99. The Bertz CT molecular complexity index is 942.